The lowest BCUT2D eigenvalue weighted by atomic mass is 10.7. The van der Waals surface area contributed by atoms with E-state index < -0.39 is 14.6 Å². The maximum absolute atomic E-state index is 10.9. The molecule has 0 spiro atoms. The van der Waals surface area contributed by atoms with Crippen LogP contribution in [0.4, 0.5) is 0 Å². The first-order chi connectivity index (χ1) is 6.74. The minimum Gasteiger partial charge on any atom is -0.464 e. The summed E-state index contributed by atoms with van der Waals surface area (Å²) >= 11 is 0. The summed E-state index contributed by atoms with van der Waals surface area (Å²) < 4.78 is 20.0. The fourth-order valence-corrected chi connectivity index (χ4v) is 1.49. The molecular weight excluding hydrogens is 207 g/mol. The smallest absolute Gasteiger partial charge is 0.333 e. The molecule has 0 rings (SSSR count). The summed E-state index contributed by atoms with van der Waals surface area (Å²) in [4.78, 5) is 10.9. The molecule has 0 aromatic heterocycles. The van der Waals surface area contributed by atoms with Gasteiger partial charge in [0.1, 0.15) is 0 Å². The summed E-state index contributed by atoms with van der Waals surface area (Å²) in [7, 11) is -1.40. The third-order valence-corrected chi connectivity index (χ3v) is 2.34. The molecule has 5 nitrogen and oxygen atoms in total. The molecule has 0 bridgehead atoms. The average Bonchev–Trinajstić information content (AvgIpc) is 2.15. The van der Waals surface area contributed by atoms with Crippen LogP contribution in [0, 0.1) is 0 Å². The number of rotatable bonds is 8. The molecule has 84 valence electrons. The van der Waals surface area contributed by atoms with Crippen LogP contribution in [0.15, 0.2) is 0 Å². The van der Waals surface area contributed by atoms with Gasteiger partial charge in [0.05, 0.1) is 19.8 Å². The molecular formula is C8H17O5P. The molecule has 0 aliphatic rings. The van der Waals surface area contributed by atoms with E-state index in [9.17, 15) is 4.79 Å². The second-order valence-corrected chi connectivity index (χ2v) is 3.36. The Labute approximate surface area is 85.7 Å². The van der Waals surface area contributed by atoms with Gasteiger partial charge in [-0.3, -0.25) is 0 Å². The van der Waals surface area contributed by atoms with Gasteiger partial charge in [0.15, 0.2) is 6.61 Å². The van der Waals surface area contributed by atoms with E-state index >= 15 is 0 Å². The minimum atomic E-state index is -1.40. The van der Waals surface area contributed by atoms with E-state index in [0.717, 1.165) is 0 Å². The molecule has 0 heterocycles. The molecule has 0 aliphatic carbocycles. The quantitative estimate of drug-likeness (QED) is 0.465. The molecule has 0 aromatic rings. The summed E-state index contributed by atoms with van der Waals surface area (Å²) in [5, 5.41) is 0. The summed E-state index contributed by atoms with van der Waals surface area (Å²) in [5.41, 5.74) is 0. The number of esters is 1. The minimum absolute atomic E-state index is 0.125. The average molecular weight is 224 g/mol. The maximum Gasteiger partial charge on any atom is 0.333 e. The molecule has 0 atom stereocenters. The predicted octanol–water partition coefficient (Wildman–Crippen LogP) is 1.87. The van der Waals surface area contributed by atoms with Crippen LogP contribution in [0.25, 0.3) is 0 Å². The van der Waals surface area contributed by atoms with Crippen molar-refractivity contribution in [2.45, 2.75) is 20.8 Å². The van der Waals surface area contributed by atoms with Crippen molar-refractivity contribution in [2.75, 3.05) is 26.4 Å². The number of hydrogen-bond donors (Lipinski definition) is 0. The van der Waals surface area contributed by atoms with Crippen molar-refractivity contribution in [3.63, 3.8) is 0 Å². The summed E-state index contributed by atoms with van der Waals surface area (Å²) in [6.45, 7) is 6.63. The van der Waals surface area contributed by atoms with Crippen LogP contribution in [0.5, 0.6) is 0 Å². The molecule has 0 unspecified atom stereocenters. The zero-order valence-electron chi connectivity index (χ0n) is 8.82. The van der Waals surface area contributed by atoms with Crippen molar-refractivity contribution in [1.82, 2.24) is 0 Å². The Bertz CT molecular complexity index is 147. The molecule has 0 saturated carbocycles. The number of carbonyl (C=O) groups is 1. The Morgan fingerprint density at radius 2 is 1.57 bits per heavy atom. The van der Waals surface area contributed by atoms with E-state index in [1.807, 2.05) is 13.8 Å². The normalized spacial score (nSPS) is 10.6. The predicted molar refractivity (Wildman–Crippen MR) is 52.8 cm³/mol. The SMILES string of the molecule is CCOC(=O)COP(OCC)OCC. The topological polar surface area (TPSA) is 54.0 Å². The number of carbonyl (C=O) groups excluding carboxylic acids is 1. The third kappa shape index (κ3) is 7.21. The van der Waals surface area contributed by atoms with E-state index in [2.05, 4.69) is 4.74 Å². The lowest BCUT2D eigenvalue weighted by Gasteiger charge is -2.13. The molecule has 0 saturated heterocycles. The number of ether oxygens (including phenoxy) is 1. The molecule has 0 aromatic carbocycles. The van der Waals surface area contributed by atoms with Crippen molar-refractivity contribution in [3.8, 4) is 0 Å². The third-order valence-electron chi connectivity index (χ3n) is 1.06. The van der Waals surface area contributed by atoms with Crippen LogP contribution in [0.2, 0.25) is 0 Å². The van der Waals surface area contributed by atoms with Gasteiger partial charge < -0.3 is 18.3 Å². The van der Waals surface area contributed by atoms with Crippen molar-refractivity contribution < 1.29 is 23.1 Å². The highest BCUT2D eigenvalue weighted by Gasteiger charge is 2.13. The highest BCUT2D eigenvalue weighted by atomic mass is 31.2. The Morgan fingerprint density at radius 1 is 1.00 bits per heavy atom. The van der Waals surface area contributed by atoms with Gasteiger partial charge in [0, 0.05) is 0 Å². The van der Waals surface area contributed by atoms with Crippen LogP contribution in [-0.2, 0) is 23.1 Å². The van der Waals surface area contributed by atoms with Gasteiger partial charge in [0.2, 0.25) is 0 Å². The summed E-state index contributed by atoms with van der Waals surface area (Å²) in [6, 6.07) is 0. The summed E-state index contributed by atoms with van der Waals surface area (Å²) in [6.07, 6.45) is 0. The lowest BCUT2D eigenvalue weighted by molar-refractivity contribution is -0.145. The van der Waals surface area contributed by atoms with Gasteiger partial charge >= 0.3 is 14.6 Å². The van der Waals surface area contributed by atoms with Gasteiger partial charge in [0.25, 0.3) is 0 Å². The lowest BCUT2D eigenvalue weighted by Crippen LogP contribution is -2.11. The van der Waals surface area contributed by atoms with Crippen molar-refractivity contribution in [1.29, 1.82) is 0 Å². The first-order valence-electron chi connectivity index (χ1n) is 4.59. The molecule has 14 heavy (non-hydrogen) atoms. The van der Waals surface area contributed by atoms with E-state index in [-0.39, 0.29) is 6.61 Å². The van der Waals surface area contributed by atoms with E-state index in [1.54, 1.807) is 6.92 Å². The van der Waals surface area contributed by atoms with Crippen molar-refractivity contribution in [2.24, 2.45) is 0 Å². The van der Waals surface area contributed by atoms with Gasteiger partial charge in [-0.05, 0) is 20.8 Å². The second-order valence-electron chi connectivity index (χ2n) is 2.14. The molecule has 0 N–H and O–H groups in total. The van der Waals surface area contributed by atoms with Crippen LogP contribution < -0.4 is 0 Å². The Hall–Kier alpha value is -0.220. The van der Waals surface area contributed by atoms with E-state index in [4.69, 9.17) is 13.6 Å². The fourth-order valence-electron chi connectivity index (χ4n) is 0.631. The molecule has 0 radical (unpaired) electrons. The summed E-state index contributed by atoms with van der Waals surface area (Å²) in [5.74, 6) is -0.403. The molecule has 0 fully saturated rings. The monoisotopic (exact) mass is 224 g/mol. The molecule has 0 aliphatic heterocycles. The first-order valence-corrected chi connectivity index (χ1v) is 5.68. The van der Waals surface area contributed by atoms with Crippen LogP contribution in [-0.4, -0.2) is 32.4 Å². The van der Waals surface area contributed by atoms with Gasteiger partial charge in [-0.1, -0.05) is 0 Å². The van der Waals surface area contributed by atoms with Gasteiger partial charge in [-0.25, -0.2) is 4.79 Å². The Balaban J connectivity index is 3.63. The zero-order chi connectivity index (χ0) is 10.8. The fraction of sp³-hybridized carbons (Fsp3) is 0.875. The number of hydrogen-bond acceptors (Lipinski definition) is 5. The van der Waals surface area contributed by atoms with Crippen molar-refractivity contribution >= 4 is 14.6 Å². The van der Waals surface area contributed by atoms with Crippen LogP contribution in [0.3, 0.4) is 0 Å². The maximum atomic E-state index is 10.9. The van der Waals surface area contributed by atoms with Gasteiger partial charge in [-0.15, -0.1) is 0 Å². The van der Waals surface area contributed by atoms with E-state index in [0.29, 0.717) is 19.8 Å². The molecule has 0 amide bonds. The highest BCUT2D eigenvalue weighted by Crippen LogP contribution is 2.38. The Morgan fingerprint density at radius 3 is 2.00 bits per heavy atom. The largest absolute Gasteiger partial charge is 0.464 e. The van der Waals surface area contributed by atoms with Crippen molar-refractivity contribution in [3.05, 3.63) is 0 Å². The van der Waals surface area contributed by atoms with Gasteiger partial charge in [-0.2, -0.15) is 0 Å². The highest BCUT2D eigenvalue weighted by molar-refractivity contribution is 7.41. The molecule has 6 heteroatoms. The Kier molecular flexibility index (Phi) is 9.19. The second kappa shape index (κ2) is 9.34. The standard InChI is InChI=1S/C8H17O5P/c1-4-10-8(9)7-13-14(11-5-2)12-6-3/h4-7H2,1-3H3. The van der Waals surface area contributed by atoms with Crippen LogP contribution in [0.1, 0.15) is 20.8 Å². The van der Waals surface area contributed by atoms with E-state index in [1.165, 1.54) is 0 Å². The zero-order valence-corrected chi connectivity index (χ0v) is 9.71. The first kappa shape index (κ1) is 13.8. The van der Waals surface area contributed by atoms with Crippen LogP contribution >= 0.6 is 8.60 Å².